The van der Waals surface area contributed by atoms with Gasteiger partial charge in [0, 0.05) is 31.1 Å². The van der Waals surface area contributed by atoms with Crippen LogP contribution in [0.1, 0.15) is 30.1 Å². The molecule has 2 aromatic rings. The van der Waals surface area contributed by atoms with Gasteiger partial charge in [0.05, 0.1) is 0 Å². The lowest BCUT2D eigenvalue weighted by Gasteiger charge is -2.20. The summed E-state index contributed by atoms with van der Waals surface area (Å²) >= 11 is 7.41. The first kappa shape index (κ1) is 14.6. The average Bonchev–Trinajstić information content (AvgIpc) is 2.87. The Bertz CT molecular complexity index is 614. The molecule has 0 atom stereocenters. The summed E-state index contributed by atoms with van der Waals surface area (Å²) in [6.45, 7) is 1.52. The molecule has 0 spiro atoms. The molecule has 0 radical (unpaired) electrons. The molecule has 112 valence electrons. The highest BCUT2D eigenvalue weighted by Crippen LogP contribution is 2.28. The molecule has 1 saturated heterocycles. The van der Waals surface area contributed by atoms with Crippen LogP contribution in [0.15, 0.2) is 23.5 Å². The van der Waals surface area contributed by atoms with Crippen molar-refractivity contribution in [1.29, 1.82) is 0 Å². The number of rotatable bonds is 4. The van der Waals surface area contributed by atoms with E-state index in [2.05, 4.69) is 15.2 Å². The SMILES string of the molecule is Nn1c(SCc2ccnc(Cl)c2)nnc1C1CCOCC1. The summed E-state index contributed by atoms with van der Waals surface area (Å²) in [4.78, 5) is 3.96. The van der Waals surface area contributed by atoms with Crippen LogP contribution in [0.25, 0.3) is 0 Å². The zero-order valence-corrected chi connectivity index (χ0v) is 13.0. The Kier molecular flexibility index (Phi) is 4.62. The average molecular weight is 326 g/mol. The van der Waals surface area contributed by atoms with Crippen LogP contribution in [-0.2, 0) is 10.5 Å². The first-order valence-corrected chi connectivity index (χ1v) is 8.12. The van der Waals surface area contributed by atoms with E-state index >= 15 is 0 Å². The van der Waals surface area contributed by atoms with Gasteiger partial charge >= 0.3 is 0 Å². The van der Waals surface area contributed by atoms with Gasteiger partial charge in [-0.25, -0.2) is 9.66 Å². The number of nitrogens with zero attached hydrogens (tertiary/aromatic N) is 4. The van der Waals surface area contributed by atoms with Gasteiger partial charge in [0.25, 0.3) is 0 Å². The van der Waals surface area contributed by atoms with E-state index in [1.807, 2.05) is 12.1 Å². The van der Waals surface area contributed by atoms with Gasteiger partial charge in [-0.3, -0.25) is 0 Å². The maximum atomic E-state index is 6.12. The summed E-state index contributed by atoms with van der Waals surface area (Å²) in [6.07, 6.45) is 3.58. The summed E-state index contributed by atoms with van der Waals surface area (Å²) in [6, 6.07) is 3.76. The van der Waals surface area contributed by atoms with Gasteiger partial charge in [-0.2, -0.15) is 0 Å². The van der Waals surface area contributed by atoms with Crippen LogP contribution in [0.4, 0.5) is 0 Å². The fourth-order valence-electron chi connectivity index (χ4n) is 2.30. The summed E-state index contributed by atoms with van der Waals surface area (Å²) in [5.74, 6) is 8.02. The van der Waals surface area contributed by atoms with Gasteiger partial charge < -0.3 is 10.6 Å². The van der Waals surface area contributed by atoms with Crippen molar-refractivity contribution in [2.75, 3.05) is 19.1 Å². The summed E-state index contributed by atoms with van der Waals surface area (Å²) in [5.41, 5.74) is 1.08. The van der Waals surface area contributed by atoms with Crippen molar-refractivity contribution in [3.05, 3.63) is 34.9 Å². The molecule has 0 bridgehead atoms. The first-order chi connectivity index (χ1) is 10.2. The third kappa shape index (κ3) is 3.48. The van der Waals surface area contributed by atoms with Crippen molar-refractivity contribution < 1.29 is 4.74 Å². The van der Waals surface area contributed by atoms with Crippen LogP contribution in [0.2, 0.25) is 5.15 Å². The van der Waals surface area contributed by atoms with Crippen molar-refractivity contribution in [3.63, 3.8) is 0 Å². The number of hydrogen-bond donors (Lipinski definition) is 1. The molecule has 2 aromatic heterocycles. The number of aromatic nitrogens is 4. The normalized spacial score (nSPS) is 16.2. The first-order valence-electron chi connectivity index (χ1n) is 6.75. The molecular weight excluding hydrogens is 310 g/mol. The van der Waals surface area contributed by atoms with E-state index in [9.17, 15) is 0 Å². The lowest BCUT2D eigenvalue weighted by atomic mass is 10.00. The topological polar surface area (TPSA) is 78.9 Å². The minimum atomic E-state index is 0.334. The Morgan fingerprint density at radius 3 is 2.95 bits per heavy atom. The highest BCUT2D eigenvalue weighted by Gasteiger charge is 2.22. The Hall–Kier alpha value is -1.31. The molecule has 0 saturated carbocycles. The number of hydrogen-bond acceptors (Lipinski definition) is 6. The minimum Gasteiger partial charge on any atom is -0.381 e. The lowest BCUT2D eigenvalue weighted by Crippen LogP contribution is -2.22. The van der Waals surface area contributed by atoms with E-state index in [0.717, 1.165) is 43.2 Å². The van der Waals surface area contributed by atoms with E-state index in [0.29, 0.717) is 16.2 Å². The predicted octanol–water partition coefficient (Wildman–Crippen LogP) is 2.23. The molecule has 3 heterocycles. The Morgan fingerprint density at radius 1 is 1.38 bits per heavy atom. The fourth-order valence-corrected chi connectivity index (χ4v) is 3.30. The van der Waals surface area contributed by atoms with E-state index in [-0.39, 0.29) is 0 Å². The number of nitrogens with two attached hydrogens (primary N) is 1. The number of nitrogen functional groups attached to an aromatic ring is 1. The van der Waals surface area contributed by atoms with Gasteiger partial charge in [-0.05, 0) is 30.5 Å². The van der Waals surface area contributed by atoms with E-state index < -0.39 is 0 Å². The molecule has 2 N–H and O–H groups in total. The van der Waals surface area contributed by atoms with E-state index in [1.54, 1.807) is 22.6 Å². The van der Waals surface area contributed by atoms with E-state index in [4.69, 9.17) is 22.2 Å². The summed E-state index contributed by atoms with van der Waals surface area (Å²) < 4.78 is 6.96. The Morgan fingerprint density at radius 2 is 2.19 bits per heavy atom. The van der Waals surface area contributed by atoms with Crippen molar-refractivity contribution in [3.8, 4) is 0 Å². The van der Waals surface area contributed by atoms with Crippen LogP contribution in [0.5, 0.6) is 0 Å². The molecular formula is C13H16ClN5OS. The second kappa shape index (κ2) is 6.64. The van der Waals surface area contributed by atoms with Gasteiger partial charge in [-0.15, -0.1) is 10.2 Å². The molecule has 0 aromatic carbocycles. The fraction of sp³-hybridized carbons (Fsp3) is 0.462. The molecule has 0 aliphatic carbocycles. The Balaban J connectivity index is 1.67. The van der Waals surface area contributed by atoms with Crippen LogP contribution >= 0.6 is 23.4 Å². The van der Waals surface area contributed by atoms with Crippen LogP contribution in [0, 0.1) is 0 Å². The molecule has 3 rings (SSSR count). The smallest absolute Gasteiger partial charge is 0.210 e. The second-order valence-electron chi connectivity index (χ2n) is 4.87. The molecule has 6 nitrogen and oxygen atoms in total. The van der Waals surface area contributed by atoms with Crippen molar-refractivity contribution in [2.45, 2.75) is 29.7 Å². The monoisotopic (exact) mass is 325 g/mol. The molecule has 1 aliphatic heterocycles. The van der Waals surface area contributed by atoms with Crippen LogP contribution in [-0.4, -0.2) is 33.1 Å². The van der Waals surface area contributed by atoms with Crippen LogP contribution in [0.3, 0.4) is 0 Å². The molecule has 1 fully saturated rings. The number of pyridine rings is 1. The van der Waals surface area contributed by atoms with Crippen molar-refractivity contribution in [1.82, 2.24) is 19.9 Å². The largest absolute Gasteiger partial charge is 0.381 e. The highest BCUT2D eigenvalue weighted by molar-refractivity contribution is 7.98. The maximum Gasteiger partial charge on any atom is 0.210 e. The predicted molar refractivity (Wildman–Crippen MR) is 81.8 cm³/mol. The third-order valence-electron chi connectivity index (χ3n) is 3.44. The lowest BCUT2D eigenvalue weighted by molar-refractivity contribution is 0.0830. The minimum absolute atomic E-state index is 0.334. The third-order valence-corrected chi connectivity index (χ3v) is 4.66. The van der Waals surface area contributed by atoms with Gasteiger partial charge in [0.2, 0.25) is 5.16 Å². The molecule has 21 heavy (non-hydrogen) atoms. The molecule has 8 heteroatoms. The zero-order valence-electron chi connectivity index (χ0n) is 11.4. The molecule has 0 amide bonds. The molecule has 1 aliphatic rings. The highest BCUT2D eigenvalue weighted by atomic mass is 35.5. The van der Waals surface area contributed by atoms with E-state index in [1.165, 1.54) is 0 Å². The zero-order chi connectivity index (χ0) is 14.7. The van der Waals surface area contributed by atoms with Crippen molar-refractivity contribution >= 4 is 23.4 Å². The quantitative estimate of drug-likeness (QED) is 0.527. The molecule has 0 unspecified atom stereocenters. The number of halogens is 1. The number of thioether (sulfide) groups is 1. The van der Waals surface area contributed by atoms with Gasteiger partial charge in [-0.1, -0.05) is 23.4 Å². The van der Waals surface area contributed by atoms with Crippen molar-refractivity contribution in [2.24, 2.45) is 0 Å². The Labute approximate surface area is 132 Å². The van der Waals surface area contributed by atoms with Crippen LogP contribution < -0.4 is 5.84 Å². The summed E-state index contributed by atoms with van der Waals surface area (Å²) in [7, 11) is 0. The second-order valence-corrected chi connectivity index (χ2v) is 6.20. The standard InChI is InChI=1S/C13H16ClN5OS/c14-11-7-9(1-4-16-11)8-21-13-18-17-12(19(13)15)10-2-5-20-6-3-10/h1,4,7,10H,2-3,5-6,8,15H2. The number of ether oxygens (including phenoxy) is 1. The van der Waals surface area contributed by atoms with Gasteiger partial charge in [0.1, 0.15) is 5.15 Å². The summed E-state index contributed by atoms with van der Waals surface area (Å²) in [5, 5.41) is 9.64. The van der Waals surface area contributed by atoms with Gasteiger partial charge in [0.15, 0.2) is 5.82 Å². The maximum absolute atomic E-state index is 6.12.